The number of ether oxygens (including phenoxy) is 1. The molecule has 2 aromatic carbocycles. The fourth-order valence-corrected chi connectivity index (χ4v) is 3.44. The molecule has 1 aliphatic heterocycles. The monoisotopic (exact) mass is 354 g/mol. The van der Waals surface area contributed by atoms with Crippen molar-refractivity contribution in [2.24, 2.45) is 0 Å². The number of hydrogen-bond donors (Lipinski definition) is 1. The minimum absolute atomic E-state index is 0.387. The molecule has 3 rings (SSSR count). The highest BCUT2D eigenvalue weighted by atomic mass is 16.5. The van der Waals surface area contributed by atoms with Gasteiger partial charge in [-0.15, -0.1) is 0 Å². The molecular formula is C22H30N2O2. The molecule has 0 aromatic heterocycles. The lowest BCUT2D eigenvalue weighted by Gasteiger charge is -2.35. The number of hydrogen-bond acceptors (Lipinski definition) is 4. The van der Waals surface area contributed by atoms with Gasteiger partial charge in [-0.2, -0.15) is 0 Å². The van der Waals surface area contributed by atoms with E-state index in [1.807, 2.05) is 30.3 Å². The van der Waals surface area contributed by atoms with Crippen LogP contribution in [0.1, 0.15) is 16.7 Å². The van der Waals surface area contributed by atoms with Gasteiger partial charge < -0.3 is 9.84 Å². The second-order valence-corrected chi connectivity index (χ2v) is 7.22. The van der Waals surface area contributed by atoms with Crippen molar-refractivity contribution in [1.82, 2.24) is 9.80 Å². The molecule has 0 spiro atoms. The third kappa shape index (κ3) is 6.22. The summed E-state index contributed by atoms with van der Waals surface area (Å²) in [4.78, 5) is 4.83. The van der Waals surface area contributed by atoms with E-state index in [1.165, 1.54) is 11.1 Å². The normalized spacial score (nSPS) is 17.3. The SMILES string of the molecule is Cc1cccc(CN2CCN(CC(O)COCc3ccccc3)CC2)c1. The molecule has 1 N–H and O–H groups in total. The molecule has 1 fully saturated rings. The molecule has 0 aliphatic carbocycles. The standard InChI is InChI=1S/C22H30N2O2/c1-19-6-5-9-21(14-19)15-23-10-12-24(13-11-23)16-22(25)18-26-17-20-7-3-2-4-8-20/h2-9,14,22,25H,10-13,15-18H2,1H3. The molecule has 2 aromatic rings. The summed E-state index contributed by atoms with van der Waals surface area (Å²) < 4.78 is 5.65. The van der Waals surface area contributed by atoms with Crippen molar-refractivity contribution < 1.29 is 9.84 Å². The minimum Gasteiger partial charge on any atom is -0.389 e. The Balaban J connectivity index is 1.33. The predicted octanol–water partition coefficient (Wildman–Crippen LogP) is 2.69. The lowest BCUT2D eigenvalue weighted by Crippen LogP contribution is -2.48. The van der Waals surface area contributed by atoms with Gasteiger partial charge in [0.2, 0.25) is 0 Å². The number of rotatable bonds is 8. The molecule has 4 heteroatoms. The van der Waals surface area contributed by atoms with Crippen LogP contribution >= 0.6 is 0 Å². The van der Waals surface area contributed by atoms with Crippen molar-refractivity contribution >= 4 is 0 Å². The van der Waals surface area contributed by atoms with Crippen LogP contribution in [0.5, 0.6) is 0 Å². The number of aliphatic hydroxyl groups is 1. The molecule has 1 heterocycles. The third-order valence-corrected chi connectivity index (χ3v) is 4.84. The number of piperazine rings is 1. The van der Waals surface area contributed by atoms with Crippen LogP contribution in [-0.4, -0.2) is 60.3 Å². The van der Waals surface area contributed by atoms with E-state index >= 15 is 0 Å². The van der Waals surface area contributed by atoms with Crippen LogP contribution in [-0.2, 0) is 17.9 Å². The van der Waals surface area contributed by atoms with Gasteiger partial charge in [0.15, 0.2) is 0 Å². The lowest BCUT2D eigenvalue weighted by atomic mass is 10.1. The molecule has 4 nitrogen and oxygen atoms in total. The first-order valence-electron chi connectivity index (χ1n) is 9.49. The predicted molar refractivity (Wildman–Crippen MR) is 105 cm³/mol. The Bertz CT molecular complexity index is 654. The maximum atomic E-state index is 10.2. The van der Waals surface area contributed by atoms with E-state index in [4.69, 9.17) is 4.74 Å². The summed E-state index contributed by atoms with van der Waals surface area (Å²) in [6, 6.07) is 18.8. The maximum absolute atomic E-state index is 10.2. The van der Waals surface area contributed by atoms with Crippen molar-refractivity contribution in [3.63, 3.8) is 0 Å². The average Bonchev–Trinajstić information content (AvgIpc) is 2.64. The summed E-state index contributed by atoms with van der Waals surface area (Å²) in [5.41, 5.74) is 3.84. The fourth-order valence-electron chi connectivity index (χ4n) is 3.44. The highest BCUT2D eigenvalue weighted by Crippen LogP contribution is 2.11. The molecule has 26 heavy (non-hydrogen) atoms. The summed E-state index contributed by atoms with van der Waals surface area (Å²) in [7, 11) is 0. The highest BCUT2D eigenvalue weighted by Gasteiger charge is 2.19. The molecular weight excluding hydrogens is 324 g/mol. The number of aliphatic hydroxyl groups excluding tert-OH is 1. The quantitative estimate of drug-likeness (QED) is 0.791. The largest absolute Gasteiger partial charge is 0.389 e. The van der Waals surface area contributed by atoms with E-state index in [0.29, 0.717) is 19.8 Å². The van der Waals surface area contributed by atoms with E-state index in [-0.39, 0.29) is 0 Å². The van der Waals surface area contributed by atoms with Crippen LogP contribution in [0.15, 0.2) is 54.6 Å². The topological polar surface area (TPSA) is 35.9 Å². The third-order valence-electron chi connectivity index (χ3n) is 4.84. The number of β-amino-alcohol motifs (C(OH)–C–C–N with tert-alkyl or cyclic N) is 1. The minimum atomic E-state index is -0.429. The Kier molecular flexibility index (Phi) is 7.21. The van der Waals surface area contributed by atoms with Crippen molar-refractivity contribution in [2.75, 3.05) is 39.3 Å². The van der Waals surface area contributed by atoms with Crippen molar-refractivity contribution in [3.8, 4) is 0 Å². The first-order chi connectivity index (χ1) is 12.7. The van der Waals surface area contributed by atoms with Crippen LogP contribution in [0.25, 0.3) is 0 Å². The van der Waals surface area contributed by atoms with Crippen molar-refractivity contribution in [1.29, 1.82) is 0 Å². The summed E-state index contributed by atoms with van der Waals surface area (Å²) in [6.45, 7) is 8.88. The van der Waals surface area contributed by atoms with Gasteiger partial charge in [-0.3, -0.25) is 9.80 Å². The van der Waals surface area contributed by atoms with E-state index < -0.39 is 6.10 Å². The van der Waals surface area contributed by atoms with Crippen LogP contribution in [0, 0.1) is 6.92 Å². The van der Waals surface area contributed by atoms with Crippen LogP contribution in [0.2, 0.25) is 0 Å². The molecule has 0 bridgehead atoms. The van der Waals surface area contributed by atoms with Crippen LogP contribution < -0.4 is 0 Å². The first-order valence-corrected chi connectivity index (χ1v) is 9.49. The van der Waals surface area contributed by atoms with Gasteiger partial charge in [0, 0.05) is 39.3 Å². The van der Waals surface area contributed by atoms with Gasteiger partial charge >= 0.3 is 0 Å². The molecule has 0 amide bonds. The van der Waals surface area contributed by atoms with Crippen LogP contribution in [0.4, 0.5) is 0 Å². The molecule has 1 aliphatic rings. The molecule has 1 atom stereocenters. The van der Waals surface area contributed by atoms with Crippen molar-refractivity contribution in [3.05, 3.63) is 71.3 Å². The Morgan fingerprint density at radius 2 is 1.62 bits per heavy atom. The van der Waals surface area contributed by atoms with Gasteiger partial charge in [0.25, 0.3) is 0 Å². The Morgan fingerprint density at radius 3 is 2.35 bits per heavy atom. The summed E-state index contributed by atoms with van der Waals surface area (Å²) in [5.74, 6) is 0. The summed E-state index contributed by atoms with van der Waals surface area (Å²) in [6.07, 6.45) is -0.429. The van der Waals surface area contributed by atoms with Crippen LogP contribution in [0.3, 0.4) is 0 Å². The Hall–Kier alpha value is -1.72. The molecule has 0 saturated carbocycles. The Labute approximate surface area is 157 Å². The second kappa shape index (κ2) is 9.83. The van der Waals surface area contributed by atoms with Gasteiger partial charge in [0.05, 0.1) is 19.3 Å². The fraction of sp³-hybridized carbons (Fsp3) is 0.455. The van der Waals surface area contributed by atoms with Crippen molar-refractivity contribution in [2.45, 2.75) is 26.2 Å². The van der Waals surface area contributed by atoms with E-state index in [2.05, 4.69) is 41.0 Å². The van der Waals surface area contributed by atoms with E-state index in [0.717, 1.165) is 38.3 Å². The summed E-state index contributed by atoms with van der Waals surface area (Å²) >= 11 is 0. The number of aryl methyl sites for hydroxylation is 1. The number of benzene rings is 2. The van der Waals surface area contributed by atoms with E-state index in [1.54, 1.807) is 0 Å². The average molecular weight is 354 g/mol. The van der Waals surface area contributed by atoms with E-state index in [9.17, 15) is 5.11 Å². The van der Waals surface area contributed by atoms with Gasteiger partial charge in [-0.1, -0.05) is 60.2 Å². The molecule has 0 radical (unpaired) electrons. The van der Waals surface area contributed by atoms with Gasteiger partial charge in [-0.25, -0.2) is 0 Å². The number of nitrogens with zero attached hydrogens (tertiary/aromatic N) is 2. The zero-order chi connectivity index (χ0) is 18.2. The first kappa shape index (κ1) is 19.1. The zero-order valence-corrected chi connectivity index (χ0v) is 15.7. The highest BCUT2D eigenvalue weighted by molar-refractivity contribution is 5.22. The van der Waals surface area contributed by atoms with Gasteiger partial charge in [-0.05, 0) is 18.1 Å². The lowest BCUT2D eigenvalue weighted by molar-refractivity contribution is 0.000877. The maximum Gasteiger partial charge on any atom is 0.0900 e. The van der Waals surface area contributed by atoms with Gasteiger partial charge in [0.1, 0.15) is 0 Å². The smallest absolute Gasteiger partial charge is 0.0900 e. The molecule has 1 saturated heterocycles. The Morgan fingerprint density at radius 1 is 0.923 bits per heavy atom. The summed E-state index contributed by atoms with van der Waals surface area (Å²) in [5, 5.41) is 10.2. The molecule has 140 valence electrons. The second-order valence-electron chi connectivity index (χ2n) is 7.22. The molecule has 1 unspecified atom stereocenters. The zero-order valence-electron chi connectivity index (χ0n) is 15.7.